The standard InChI is InChI=1S/C18H15ClFNO4S3/c19-14-3-1-4-16(11-14)28(24,25)21-12-17(13-6-8-15(20)9-7-13)27(22,23)18-5-2-10-26-18/h1-11,17,21H,12H2/t17-/m1/s1. The minimum absolute atomic E-state index is 0.0774. The van der Waals surface area contributed by atoms with E-state index in [1.807, 2.05) is 0 Å². The molecule has 148 valence electrons. The summed E-state index contributed by atoms with van der Waals surface area (Å²) >= 11 is 6.87. The Hall–Kier alpha value is -1.78. The summed E-state index contributed by atoms with van der Waals surface area (Å²) in [7, 11) is -7.89. The van der Waals surface area contributed by atoms with E-state index in [1.54, 1.807) is 11.4 Å². The van der Waals surface area contributed by atoms with Crippen LogP contribution in [-0.4, -0.2) is 23.4 Å². The average molecular weight is 460 g/mol. The van der Waals surface area contributed by atoms with Crippen molar-refractivity contribution in [3.63, 3.8) is 0 Å². The van der Waals surface area contributed by atoms with Crippen LogP contribution in [-0.2, 0) is 19.9 Å². The SMILES string of the molecule is O=S(=O)(NC[C@H](c1ccc(F)cc1)S(=O)(=O)c1cccs1)c1cccc(Cl)c1. The summed E-state index contributed by atoms with van der Waals surface area (Å²) in [5.74, 6) is -0.518. The minimum Gasteiger partial charge on any atom is -0.222 e. The number of sulfonamides is 1. The molecule has 0 aliphatic carbocycles. The number of rotatable bonds is 7. The van der Waals surface area contributed by atoms with Crippen molar-refractivity contribution in [2.75, 3.05) is 6.54 Å². The number of hydrogen-bond donors (Lipinski definition) is 1. The van der Waals surface area contributed by atoms with E-state index in [-0.39, 0.29) is 19.7 Å². The quantitative estimate of drug-likeness (QED) is 0.578. The van der Waals surface area contributed by atoms with Gasteiger partial charge in [-0.05, 0) is 47.3 Å². The van der Waals surface area contributed by atoms with Crippen molar-refractivity contribution < 1.29 is 21.2 Å². The molecule has 0 spiro atoms. The zero-order valence-corrected chi connectivity index (χ0v) is 17.5. The topological polar surface area (TPSA) is 80.3 Å². The van der Waals surface area contributed by atoms with Crippen molar-refractivity contribution >= 4 is 42.8 Å². The van der Waals surface area contributed by atoms with Gasteiger partial charge in [0.25, 0.3) is 0 Å². The van der Waals surface area contributed by atoms with Crippen LogP contribution in [0.2, 0.25) is 5.02 Å². The molecule has 0 fully saturated rings. The second-order valence-corrected chi connectivity index (χ2v) is 11.3. The molecule has 0 unspecified atom stereocenters. The highest BCUT2D eigenvalue weighted by molar-refractivity contribution is 7.93. The van der Waals surface area contributed by atoms with E-state index >= 15 is 0 Å². The van der Waals surface area contributed by atoms with Gasteiger partial charge in [0.2, 0.25) is 10.0 Å². The van der Waals surface area contributed by atoms with Gasteiger partial charge in [-0.2, -0.15) is 0 Å². The van der Waals surface area contributed by atoms with E-state index < -0.39 is 37.5 Å². The minimum atomic E-state index is -3.99. The Morgan fingerprint density at radius 2 is 1.71 bits per heavy atom. The first-order valence-electron chi connectivity index (χ1n) is 7.98. The van der Waals surface area contributed by atoms with Gasteiger partial charge in [-0.3, -0.25) is 0 Å². The van der Waals surface area contributed by atoms with Crippen molar-refractivity contribution in [2.45, 2.75) is 14.4 Å². The summed E-state index contributed by atoms with van der Waals surface area (Å²) in [5, 5.41) is 0.634. The zero-order chi connectivity index (χ0) is 20.4. The number of benzene rings is 2. The van der Waals surface area contributed by atoms with E-state index in [0.29, 0.717) is 0 Å². The fourth-order valence-corrected chi connectivity index (χ4v) is 6.87. The van der Waals surface area contributed by atoms with Gasteiger partial charge in [0.15, 0.2) is 9.84 Å². The number of thiophene rings is 1. The molecule has 5 nitrogen and oxygen atoms in total. The van der Waals surface area contributed by atoms with Crippen LogP contribution >= 0.6 is 22.9 Å². The van der Waals surface area contributed by atoms with Gasteiger partial charge in [-0.15, -0.1) is 11.3 Å². The van der Waals surface area contributed by atoms with Crippen molar-refractivity contribution in [3.8, 4) is 0 Å². The molecule has 0 saturated carbocycles. The van der Waals surface area contributed by atoms with Gasteiger partial charge >= 0.3 is 0 Å². The lowest BCUT2D eigenvalue weighted by molar-refractivity contribution is 0.569. The molecule has 0 aliphatic rings. The van der Waals surface area contributed by atoms with Crippen molar-refractivity contribution in [3.05, 3.63) is 82.4 Å². The Labute approximate surface area is 171 Å². The van der Waals surface area contributed by atoms with Crippen molar-refractivity contribution in [1.29, 1.82) is 0 Å². The maximum Gasteiger partial charge on any atom is 0.240 e. The third-order valence-electron chi connectivity index (χ3n) is 3.96. The van der Waals surface area contributed by atoms with E-state index in [1.165, 1.54) is 42.5 Å². The van der Waals surface area contributed by atoms with Crippen LogP contribution in [0.1, 0.15) is 10.8 Å². The lowest BCUT2D eigenvalue weighted by Gasteiger charge is -2.18. The van der Waals surface area contributed by atoms with Gasteiger partial charge in [0, 0.05) is 11.6 Å². The number of halogens is 2. The summed E-state index contributed by atoms with van der Waals surface area (Å²) < 4.78 is 66.9. The highest BCUT2D eigenvalue weighted by Gasteiger charge is 2.31. The van der Waals surface area contributed by atoms with Gasteiger partial charge in [-0.1, -0.05) is 35.9 Å². The van der Waals surface area contributed by atoms with E-state index in [4.69, 9.17) is 11.6 Å². The second kappa shape index (κ2) is 8.30. The normalized spacial score (nSPS) is 13.4. The third-order valence-corrected chi connectivity index (χ3v) is 9.15. The highest BCUT2D eigenvalue weighted by atomic mass is 35.5. The Balaban J connectivity index is 1.95. The van der Waals surface area contributed by atoms with E-state index in [9.17, 15) is 21.2 Å². The Bertz CT molecular complexity index is 1160. The van der Waals surface area contributed by atoms with Gasteiger partial charge in [-0.25, -0.2) is 25.9 Å². The zero-order valence-electron chi connectivity index (χ0n) is 14.2. The molecule has 28 heavy (non-hydrogen) atoms. The van der Waals surface area contributed by atoms with Crippen LogP contribution in [0.25, 0.3) is 0 Å². The molecule has 3 aromatic rings. The number of hydrogen-bond acceptors (Lipinski definition) is 5. The summed E-state index contributed by atoms with van der Waals surface area (Å²) in [6.07, 6.45) is 0. The molecule has 0 bridgehead atoms. The Kier molecular flexibility index (Phi) is 6.21. The molecule has 10 heteroatoms. The number of nitrogens with one attached hydrogen (secondary N) is 1. The second-order valence-electron chi connectivity index (χ2n) is 5.83. The molecule has 0 aliphatic heterocycles. The smallest absolute Gasteiger partial charge is 0.222 e. The van der Waals surface area contributed by atoms with Crippen LogP contribution in [0.5, 0.6) is 0 Å². The maximum atomic E-state index is 13.3. The molecule has 0 saturated heterocycles. The molecular formula is C18H15ClFNO4S3. The summed E-state index contributed by atoms with van der Waals surface area (Å²) in [6, 6.07) is 13.6. The predicted octanol–water partition coefficient (Wildman–Crippen LogP) is 4.03. The largest absolute Gasteiger partial charge is 0.240 e. The first-order valence-corrected chi connectivity index (χ1v) is 12.3. The van der Waals surface area contributed by atoms with Gasteiger partial charge in [0.1, 0.15) is 15.3 Å². The summed E-state index contributed by atoms with van der Waals surface area (Å²) in [6.45, 7) is -0.416. The average Bonchev–Trinajstić information content (AvgIpc) is 3.19. The fourth-order valence-electron chi connectivity index (χ4n) is 2.55. The van der Waals surface area contributed by atoms with Crippen molar-refractivity contribution in [1.82, 2.24) is 4.72 Å². The number of sulfone groups is 1. The molecule has 1 N–H and O–H groups in total. The summed E-state index contributed by atoms with van der Waals surface area (Å²) in [4.78, 5) is -0.0774. The third kappa shape index (κ3) is 4.61. The van der Waals surface area contributed by atoms with Crippen LogP contribution in [0, 0.1) is 5.82 Å². The van der Waals surface area contributed by atoms with Gasteiger partial charge in [0.05, 0.1) is 4.90 Å². The van der Waals surface area contributed by atoms with E-state index in [0.717, 1.165) is 23.5 Å². The fraction of sp³-hybridized carbons (Fsp3) is 0.111. The lowest BCUT2D eigenvalue weighted by Crippen LogP contribution is -2.31. The van der Waals surface area contributed by atoms with Crippen LogP contribution < -0.4 is 4.72 Å². The molecule has 2 aromatic carbocycles. The van der Waals surface area contributed by atoms with Crippen molar-refractivity contribution in [2.24, 2.45) is 0 Å². The first-order chi connectivity index (χ1) is 13.2. The monoisotopic (exact) mass is 459 g/mol. The molecule has 3 rings (SSSR count). The van der Waals surface area contributed by atoms with E-state index in [2.05, 4.69) is 4.72 Å². The Morgan fingerprint density at radius 3 is 2.32 bits per heavy atom. The molecule has 1 heterocycles. The molecule has 0 radical (unpaired) electrons. The highest BCUT2D eigenvalue weighted by Crippen LogP contribution is 2.31. The molecular weight excluding hydrogens is 445 g/mol. The van der Waals surface area contributed by atoms with Gasteiger partial charge < -0.3 is 0 Å². The lowest BCUT2D eigenvalue weighted by atomic mass is 10.1. The van der Waals surface area contributed by atoms with Crippen LogP contribution in [0.15, 0.2) is 75.1 Å². The molecule has 1 atom stereocenters. The van der Waals surface area contributed by atoms with Crippen LogP contribution in [0.3, 0.4) is 0 Å². The van der Waals surface area contributed by atoms with Crippen LogP contribution in [0.4, 0.5) is 4.39 Å². The predicted molar refractivity (Wildman–Crippen MR) is 107 cm³/mol. The maximum absolute atomic E-state index is 13.3. The Morgan fingerprint density at radius 1 is 1.00 bits per heavy atom. The first kappa shape index (κ1) is 20.9. The molecule has 1 aromatic heterocycles. The molecule has 0 amide bonds. The summed E-state index contributed by atoms with van der Waals surface area (Å²) in [5.41, 5.74) is 0.281.